The molecule has 0 radical (unpaired) electrons. The van der Waals surface area contributed by atoms with Gasteiger partial charge in [-0.2, -0.15) is 0 Å². The molecule has 2 aromatic heterocycles. The Morgan fingerprint density at radius 2 is 2.38 bits per heavy atom. The topological polar surface area (TPSA) is 72.4 Å². The molecule has 3 heterocycles. The van der Waals surface area contributed by atoms with E-state index in [1.54, 1.807) is 5.38 Å². The van der Waals surface area contributed by atoms with Crippen molar-refractivity contribution in [3.8, 4) is 10.8 Å². The van der Waals surface area contributed by atoms with Gasteiger partial charge in [0.2, 0.25) is 0 Å². The van der Waals surface area contributed by atoms with Crippen molar-refractivity contribution in [1.82, 2.24) is 9.88 Å². The van der Waals surface area contributed by atoms with Gasteiger partial charge in [-0.25, -0.2) is 4.98 Å². The lowest BCUT2D eigenvalue weighted by Crippen LogP contribution is -2.34. The first-order valence-electron chi connectivity index (χ1n) is 7.12. The summed E-state index contributed by atoms with van der Waals surface area (Å²) in [5.74, 6) is 1.94. The normalized spacial score (nSPS) is 22.0. The minimum atomic E-state index is -0.00997. The van der Waals surface area contributed by atoms with Gasteiger partial charge in [-0.1, -0.05) is 0 Å². The SMILES string of the molecule is Cc1ccc(-c2nc(C(=O)N3CC(CN)CC3C)cs2)o1. The molecule has 0 aromatic carbocycles. The van der Waals surface area contributed by atoms with Crippen LogP contribution in [0, 0.1) is 12.8 Å². The Bertz CT molecular complexity index is 649. The lowest BCUT2D eigenvalue weighted by atomic mass is 10.1. The fourth-order valence-corrected chi connectivity index (χ4v) is 3.53. The van der Waals surface area contributed by atoms with Crippen LogP contribution in [0.4, 0.5) is 0 Å². The molecule has 0 saturated carbocycles. The van der Waals surface area contributed by atoms with Crippen molar-refractivity contribution in [2.24, 2.45) is 11.7 Å². The van der Waals surface area contributed by atoms with Gasteiger partial charge in [0.25, 0.3) is 5.91 Å². The zero-order chi connectivity index (χ0) is 15.0. The summed E-state index contributed by atoms with van der Waals surface area (Å²) < 4.78 is 5.55. The second-order valence-electron chi connectivity index (χ2n) is 5.59. The molecule has 0 spiro atoms. The number of furan rings is 1. The molecular formula is C15H19N3O2S. The molecule has 1 aliphatic rings. The fourth-order valence-electron chi connectivity index (χ4n) is 2.78. The van der Waals surface area contributed by atoms with Gasteiger partial charge in [0.05, 0.1) is 0 Å². The van der Waals surface area contributed by atoms with Crippen molar-refractivity contribution < 1.29 is 9.21 Å². The zero-order valence-corrected chi connectivity index (χ0v) is 13.0. The van der Waals surface area contributed by atoms with Crippen LogP contribution in [-0.2, 0) is 0 Å². The smallest absolute Gasteiger partial charge is 0.273 e. The average Bonchev–Trinajstić information content (AvgIpc) is 3.16. The molecule has 3 rings (SSSR count). The van der Waals surface area contributed by atoms with Gasteiger partial charge in [-0.3, -0.25) is 4.79 Å². The van der Waals surface area contributed by atoms with E-state index in [1.807, 2.05) is 24.0 Å². The van der Waals surface area contributed by atoms with Gasteiger partial charge in [0.1, 0.15) is 11.5 Å². The van der Waals surface area contributed by atoms with Gasteiger partial charge in [-0.05, 0) is 44.9 Å². The molecule has 0 bridgehead atoms. The third-order valence-electron chi connectivity index (χ3n) is 3.93. The van der Waals surface area contributed by atoms with Crippen LogP contribution in [0.5, 0.6) is 0 Å². The first kappa shape index (κ1) is 14.3. The summed E-state index contributed by atoms with van der Waals surface area (Å²) in [6.45, 7) is 5.31. The number of hydrogen-bond acceptors (Lipinski definition) is 5. The predicted molar refractivity (Wildman–Crippen MR) is 82.2 cm³/mol. The van der Waals surface area contributed by atoms with E-state index in [0.29, 0.717) is 23.9 Å². The molecule has 0 aliphatic carbocycles. The van der Waals surface area contributed by atoms with Crippen LogP contribution in [0.2, 0.25) is 0 Å². The first-order chi connectivity index (χ1) is 10.1. The number of nitrogens with zero attached hydrogens (tertiary/aromatic N) is 2. The number of amides is 1. The molecule has 2 atom stereocenters. The van der Waals surface area contributed by atoms with E-state index in [4.69, 9.17) is 10.2 Å². The Hall–Kier alpha value is -1.66. The maximum Gasteiger partial charge on any atom is 0.273 e. The summed E-state index contributed by atoms with van der Waals surface area (Å²) in [6, 6.07) is 4.00. The highest BCUT2D eigenvalue weighted by atomic mass is 32.1. The number of likely N-dealkylation sites (tertiary alicyclic amines) is 1. The molecular weight excluding hydrogens is 286 g/mol. The van der Waals surface area contributed by atoms with Crippen LogP contribution in [0.15, 0.2) is 21.9 Å². The Labute approximate surface area is 127 Å². The monoisotopic (exact) mass is 305 g/mol. The Balaban J connectivity index is 1.78. The highest BCUT2D eigenvalue weighted by Crippen LogP contribution is 2.28. The van der Waals surface area contributed by atoms with E-state index in [0.717, 1.165) is 23.7 Å². The Kier molecular flexibility index (Phi) is 3.82. The number of aromatic nitrogens is 1. The van der Waals surface area contributed by atoms with Gasteiger partial charge < -0.3 is 15.1 Å². The van der Waals surface area contributed by atoms with E-state index in [1.165, 1.54) is 11.3 Å². The molecule has 2 unspecified atom stereocenters. The van der Waals surface area contributed by atoms with Crippen LogP contribution in [0.25, 0.3) is 10.8 Å². The van der Waals surface area contributed by atoms with Crippen LogP contribution in [-0.4, -0.2) is 34.9 Å². The molecule has 5 nitrogen and oxygen atoms in total. The second kappa shape index (κ2) is 5.61. The minimum Gasteiger partial charge on any atom is -0.459 e. The quantitative estimate of drug-likeness (QED) is 0.945. The maximum absolute atomic E-state index is 12.6. The van der Waals surface area contributed by atoms with Crippen molar-refractivity contribution in [1.29, 1.82) is 0 Å². The Morgan fingerprint density at radius 1 is 1.57 bits per heavy atom. The molecule has 1 aliphatic heterocycles. The van der Waals surface area contributed by atoms with Crippen LogP contribution in [0.1, 0.15) is 29.6 Å². The van der Waals surface area contributed by atoms with Crippen LogP contribution in [0.3, 0.4) is 0 Å². The summed E-state index contributed by atoms with van der Waals surface area (Å²) in [5.41, 5.74) is 6.21. The number of aryl methyl sites for hydroxylation is 1. The highest BCUT2D eigenvalue weighted by molar-refractivity contribution is 7.13. The van der Waals surface area contributed by atoms with Crippen LogP contribution >= 0.6 is 11.3 Å². The van der Waals surface area contributed by atoms with Crippen molar-refractivity contribution >= 4 is 17.2 Å². The molecule has 2 N–H and O–H groups in total. The summed E-state index contributed by atoms with van der Waals surface area (Å²) >= 11 is 1.43. The van der Waals surface area contributed by atoms with E-state index in [2.05, 4.69) is 11.9 Å². The standard InChI is InChI=1S/C15H19N3O2S/c1-9-5-11(6-16)7-18(9)15(19)12-8-21-14(17-12)13-4-3-10(2)20-13/h3-4,8-9,11H,5-7,16H2,1-2H3. The molecule has 112 valence electrons. The van der Waals surface area contributed by atoms with E-state index < -0.39 is 0 Å². The number of nitrogens with two attached hydrogens (primary N) is 1. The van der Waals surface area contributed by atoms with Crippen molar-refractivity contribution in [3.63, 3.8) is 0 Å². The van der Waals surface area contributed by atoms with Gasteiger partial charge in [-0.15, -0.1) is 11.3 Å². The third-order valence-corrected chi connectivity index (χ3v) is 4.79. The van der Waals surface area contributed by atoms with Crippen molar-refractivity contribution in [2.45, 2.75) is 26.3 Å². The molecule has 1 amide bonds. The van der Waals surface area contributed by atoms with Gasteiger partial charge >= 0.3 is 0 Å². The third kappa shape index (κ3) is 2.73. The van der Waals surface area contributed by atoms with Crippen LogP contribution < -0.4 is 5.73 Å². The van der Waals surface area contributed by atoms with E-state index in [-0.39, 0.29) is 11.9 Å². The Morgan fingerprint density at radius 3 is 3.00 bits per heavy atom. The fraction of sp³-hybridized carbons (Fsp3) is 0.467. The number of thiazole rings is 1. The number of carbonyl (C=O) groups is 1. The van der Waals surface area contributed by atoms with Crippen molar-refractivity contribution in [3.05, 3.63) is 29.0 Å². The van der Waals surface area contributed by atoms with Crippen molar-refractivity contribution in [2.75, 3.05) is 13.1 Å². The zero-order valence-electron chi connectivity index (χ0n) is 12.2. The lowest BCUT2D eigenvalue weighted by Gasteiger charge is -2.20. The highest BCUT2D eigenvalue weighted by Gasteiger charge is 2.33. The molecule has 2 aromatic rings. The lowest BCUT2D eigenvalue weighted by molar-refractivity contribution is 0.0738. The molecule has 6 heteroatoms. The predicted octanol–water partition coefficient (Wildman–Crippen LogP) is 2.52. The minimum absolute atomic E-state index is 0.00997. The molecule has 1 fully saturated rings. The summed E-state index contributed by atoms with van der Waals surface area (Å²) in [4.78, 5) is 18.9. The summed E-state index contributed by atoms with van der Waals surface area (Å²) in [7, 11) is 0. The van der Waals surface area contributed by atoms with E-state index >= 15 is 0 Å². The number of rotatable bonds is 3. The average molecular weight is 305 g/mol. The summed E-state index contributed by atoms with van der Waals surface area (Å²) in [6.07, 6.45) is 0.969. The van der Waals surface area contributed by atoms with Gasteiger partial charge in [0.15, 0.2) is 10.8 Å². The first-order valence-corrected chi connectivity index (χ1v) is 8.00. The largest absolute Gasteiger partial charge is 0.459 e. The van der Waals surface area contributed by atoms with E-state index in [9.17, 15) is 4.79 Å². The maximum atomic E-state index is 12.6. The number of carbonyl (C=O) groups excluding carboxylic acids is 1. The number of hydrogen-bond donors (Lipinski definition) is 1. The summed E-state index contributed by atoms with van der Waals surface area (Å²) in [5, 5.41) is 2.55. The second-order valence-corrected chi connectivity index (χ2v) is 6.45. The molecule has 1 saturated heterocycles. The van der Waals surface area contributed by atoms with Gasteiger partial charge in [0, 0.05) is 18.0 Å². The molecule has 21 heavy (non-hydrogen) atoms.